The summed E-state index contributed by atoms with van der Waals surface area (Å²) in [6.07, 6.45) is 11.0. The van der Waals surface area contributed by atoms with Crippen LogP contribution in [0, 0.1) is 0 Å². The molecule has 0 amide bonds. The van der Waals surface area contributed by atoms with Crippen molar-refractivity contribution in [3.8, 4) is 0 Å². The van der Waals surface area contributed by atoms with Gasteiger partial charge in [0.15, 0.2) is 0 Å². The third kappa shape index (κ3) is 5.76. The molecular formula is C14H30Cl6N2P2. The first-order valence-electron chi connectivity index (χ1n) is 8.86. The van der Waals surface area contributed by atoms with Gasteiger partial charge >= 0.3 is 177 Å². The Labute approximate surface area is 176 Å². The third-order valence-electron chi connectivity index (χ3n) is 4.38. The Morgan fingerprint density at radius 3 is 1.08 bits per heavy atom. The standard InChI is InChI=1S/C14H30Cl6N2P2/c1-3-5-7-9-11-13-21-23(15,16,17)22(24(21,18,19)20)14-12-10-8-6-4-2/h3-14H2,1-2H3. The molecule has 1 saturated heterocycles. The fourth-order valence-electron chi connectivity index (χ4n) is 3.00. The zero-order valence-corrected chi connectivity index (χ0v) is 20.9. The van der Waals surface area contributed by atoms with Gasteiger partial charge in [-0.05, 0) is 0 Å². The van der Waals surface area contributed by atoms with Gasteiger partial charge in [-0.15, -0.1) is 0 Å². The van der Waals surface area contributed by atoms with Gasteiger partial charge in [0.2, 0.25) is 0 Å². The number of hydrogen-bond acceptors (Lipinski definition) is 2. The molecule has 1 heterocycles. The molecule has 1 aliphatic heterocycles. The van der Waals surface area contributed by atoms with Crippen LogP contribution in [0.2, 0.25) is 0 Å². The molecule has 0 aliphatic carbocycles. The molecule has 0 spiro atoms. The predicted octanol–water partition coefficient (Wildman–Crippen LogP) is 10.2. The van der Waals surface area contributed by atoms with Crippen LogP contribution in [0.3, 0.4) is 0 Å². The molecule has 1 aliphatic rings. The summed E-state index contributed by atoms with van der Waals surface area (Å²) in [5, 5.41) is 0. The van der Waals surface area contributed by atoms with Crippen molar-refractivity contribution >= 4 is 77.4 Å². The summed E-state index contributed by atoms with van der Waals surface area (Å²) in [7, 11) is 0. The van der Waals surface area contributed by atoms with Crippen LogP contribution < -0.4 is 0 Å². The molecule has 24 heavy (non-hydrogen) atoms. The maximum absolute atomic E-state index is 6.64. The van der Waals surface area contributed by atoms with E-state index in [1.807, 2.05) is 0 Å². The Balaban J connectivity index is 2.64. The Hall–Kier alpha value is 2.52. The van der Waals surface area contributed by atoms with Crippen LogP contribution in [0.15, 0.2) is 0 Å². The van der Waals surface area contributed by atoms with E-state index in [2.05, 4.69) is 13.8 Å². The minimum atomic E-state index is -3.79. The number of hydrogen-bond donors (Lipinski definition) is 0. The molecule has 1 rings (SSSR count). The third-order valence-corrected chi connectivity index (χ3v) is 22.6. The van der Waals surface area contributed by atoms with E-state index in [0.29, 0.717) is 13.1 Å². The summed E-state index contributed by atoms with van der Waals surface area (Å²) in [6.45, 7) is 5.44. The zero-order valence-electron chi connectivity index (χ0n) is 14.5. The van der Waals surface area contributed by atoms with Crippen LogP contribution >= 0.6 is 77.4 Å². The van der Waals surface area contributed by atoms with Crippen molar-refractivity contribution in [2.75, 3.05) is 13.1 Å². The molecule has 0 atom stereocenters. The van der Waals surface area contributed by atoms with E-state index >= 15 is 0 Å². The number of rotatable bonds is 12. The second-order valence-corrected chi connectivity index (χ2v) is 26.6. The Morgan fingerprint density at radius 2 is 0.792 bits per heavy atom. The molecule has 0 saturated carbocycles. The van der Waals surface area contributed by atoms with Gasteiger partial charge in [-0.25, -0.2) is 0 Å². The van der Waals surface area contributed by atoms with E-state index in [4.69, 9.17) is 67.4 Å². The SMILES string of the molecule is CCCCCCCN1P(Cl)(Cl)(Cl)N(CCCCCCC)P1(Cl)(Cl)Cl. The van der Waals surface area contributed by atoms with E-state index in [-0.39, 0.29) is 0 Å². The molecule has 0 unspecified atom stereocenters. The number of unbranched alkanes of at least 4 members (excludes halogenated alkanes) is 8. The quantitative estimate of drug-likeness (QED) is 0.194. The summed E-state index contributed by atoms with van der Waals surface area (Å²) in [5.74, 6) is 0. The van der Waals surface area contributed by atoms with Crippen molar-refractivity contribution in [1.82, 2.24) is 8.88 Å². The second kappa shape index (κ2) is 9.35. The first-order chi connectivity index (χ1) is 10.9. The van der Waals surface area contributed by atoms with Crippen LogP contribution in [0.5, 0.6) is 0 Å². The Morgan fingerprint density at radius 1 is 0.500 bits per heavy atom. The average molecular weight is 501 g/mol. The molecule has 10 heteroatoms. The fraction of sp³-hybridized carbons (Fsp3) is 1.00. The van der Waals surface area contributed by atoms with Crippen molar-refractivity contribution in [1.29, 1.82) is 0 Å². The fourth-order valence-corrected chi connectivity index (χ4v) is 32.1. The molecule has 0 aromatic carbocycles. The number of nitrogens with zero attached hydrogens (tertiary/aromatic N) is 2. The Bertz CT molecular complexity index is 354. The van der Waals surface area contributed by atoms with Crippen LogP contribution in [0.1, 0.15) is 78.1 Å². The number of halogens is 6. The van der Waals surface area contributed by atoms with Crippen LogP contribution in [-0.2, 0) is 0 Å². The van der Waals surface area contributed by atoms with Gasteiger partial charge in [0.25, 0.3) is 0 Å². The molecule has 148 valence electrons. The second-order valence-electron chi connectivity index (χ2n) is 6.49. The van der Waals surface area contributed by atoms with Crippen molar-refractivity contribution in [2.45, 2.75) is 78.1 Å². The van der Waals surface area contributed by atoms with Crippen LogP contribution in [0.4, 0.5) is 0 Å². The monoisotopic (exact) mass is 498 g/mol. The van der Waals surface area contributed by atoms with Crippen LogP contribution in [0.25, 0.3) is 0 Å². The molecule has 0 radical (unpaired) electrons. The molecule has 0 aromatic rings. The Kier molecular flexibility index (Phi) is 9.56. The zero-order chi connectivity index (χ0) is 18.5. The first-order valence-corrected chi connectivity index (χ1v) is 18.6. The van der Waals surface area contributed by atoms with E-state index in [9.17, 15) is 0 Å². The normalized spacial score (nSPS) is 28.2. The van der Waals surface area contributed by atoms with Crippen molar-refractivity contribution in [2.24, 2.45) is 0 Å². The summed E-state index contributed by atoms with van der Waals surface area (Å²) in [6, 6.07) is 0. The average Bonchev–Trinajstić information content (AvgIpc) is 2.44. The van der Waals surface area contributed by atoms with E-state index in [0.717, 1.165) is 38.5 Å². The van der Waals surface area contributed by atoms with E-state index < -0.39 is 9.93 Å². The van der Waals surface area contributed by atoms with E-state index in [1.54, 1.807) is 8.88 Å². The van der Waals surface area contributed by atoms with Gasteiger partial charge in [-0.2, -0.15) is 0 Å². The summed E-state index contributed by atoms with van der Waals surface area (Å²) in [4.78, 5) is -7.58. The summed E-state index contributed by atoms with van der Waals surface area (Å²) in [5.41, 5.74) is 0. The molecule has 0 aromatic heterocycles. The van der Waals surface area contributed by atoms with E-state index in [1.165, 1.54) is 25.7 Å². The molecular weight excluding hydrogens is 471 g/mol. The predicted molar refractivity (Wildman–Crippen MR) is 120 cm³/mol. The van der Waals surface area contributed by atoms with Gasteiger partial charge in [-0.1, -0.05) is 0 Å². The molecule has 1 fully saturated rings. The maximum atomic E-state index is 6.64. The summed E-state index contributed by atoms with van der Waals surface area (Å²) < 4.78 is 3.23. The van der Waals surface area contributed by atoms with Crippen molar-refractivity contribution < 1.29 is 0 Å². The molecule has 2 nitrogen and oxygen atoms in total. The summed E-state index contributed by atoms with van der Waals surface area (Å²) >= 11 is 39.8. The van der Waals surface area contributed by atoms with Gasteiger partial charge in [0, 0.05) is 0 Å². The van der Waals surface area contributed by atoms with Crippen molar-refractivity contribution in [3.63, 3.8) is 0 Å². The van der Waals surface area contributed by atoms with Gasteiger partial charge < -0.3 is 0 Å². The first kappa shape index (κ1) is 24.6. The van der Waals surface area contributed by atoms with Gasteiger partial charge in [0.1, 0.15) is 0 Å². The van der Waals surface area contributed by atoms with Gasteiger partial charge in [-0.3, -0.25) is 0 Å². The van der Waals surface area contributed by atoms with Gasteiger partial charge in [0.05, 0.1) is 0 Å². The topological polar surface area (TPSA) is 6.48 Å². The molecule has 0 bridgehead atoms. The van der Waals surface area contributed by atoms with Crippen LogP contribution in [-0.4, -0.2) is 22.0 Å². The minimum absolute atomic E-state index is 0.540. The molecule has 0 N–H and O–H groups in total. The van der Waals surface area contributed by atoms with Crippen molar-refractivity contribution in [3.05, 3.63) is 0 Å².